The zero-order valence-electron chi connectivity index (χ0n) is 21.4. The van der Waals surface area contributed by atoms with Crippen molar-refractivity contribution in [3.63, 3.8) is 0 Å². The average molecular weight is 505 g/mol. The van der Waals surface area contributed by atoms with Crippen LogP contribution in [0.15, 0.2) is 24.3 Å². The van der Waals surface area contributed by atoms with Gasteiger partial charge in [0.15, 0.2) is 0 Å². The van der Waals surface area contributed by atoms with Crippen molar-refractivity contribution in [1.82, 2.24) is 9.80 Å². The maximum Gasteiger partial charge on any atom is 0.311 e. The monoisotopic (exact) mass is 504 g/mol. The fraction of sp³-hybridized carbons (Fsp3) is 0.741. The number of rotatable bonds is 7. The molecule has 1 spiro atoms. The van der Waals surface area contributed by atoms with Gasteiger partial charge in [-0.25, -0.2) is 0 Å². The number of carbonyl (C=O) groups excluding carboxylic acids is 3. The third-order valence-corrected chi connectivity index (χ3v) is 10.2. The number of unbranched alkanes of at least 4 members (excludes halogenated alkanes) is 1. The van der Waals surface area contributed by atoms with Crippen molar-refractivity contribution in [3.05, 3.63) is 24.3 Å². The zero-order valence-corrected chi connectivity index (χ0v) is 22.3. The number of aliphatic hydroxyl groups excluding tert-OH is 1. The predicted octanol–water partition coefficient (Wildman–Crippen LogP) is 3.17. The Kier molecular flexibility index (Phi) is 7.72. The van der Waals surface area contributed by atoms with Crippen LogP contribution in [0.5, 0.6) is 0 Å². The van der Waals surface area contributed by atoms with Gasteiger partial charge >= 0.3 is 5.97 Å². The first-order valence-electron chi connectivity index (χ1n) is 13.2. The van der Waals surface area contributed by atoms with Gasteiger partial charge < -0.3 is 19.6 Å². The van der Waals surface area contributed by atoms with Crippen LogP contribution in [0.3, 0.4) is 0 Å². The molecule has 4 heterocycles. The van der Waals surface area contributed by atoms with Gasteiger partial charge in [0.2, 0.25) is 11.8 Å². The van der Waals surface area contributed by atoms with E-state index in [0.29, 0.717) is 19.7 Å². The van der Waals surface area contributed by atoms with Crippen molar-refractivity contribution >= 4 is 29.5 Å². The van der Waals surface area contributed by atoms with Crippen LogP contribution in [-0.4, -0.2) is 80.6 Å². The van der Waals surface area contributed by atoms with Crippen LogP contribution < -0.4 is 0 Å². The number of carbonyl (C=O) groups is 3. The number of hydrogen-bond acceptors (Lipinski definition) is 6. The quantitative estimate of drug-likeness (QED) is 0.423. The molecule has 0 aromatic carbocycles. The summed E-state index contributed by atoms with van der Waals surface area (Å²) in [6.45, 7) is 9.35. The van der Waals surface area contributed by atoms with Gasteiger partial charge in [-0.15, -0.1) is 11.8 Å². The van der Waals surface area contributed by atoms with E-state index in [-0.39, 0.29) is 30.3 Å². The van der Waals surface area contributed by atoms with Gasteiger partial charge in [0.25, 0.3) is 0 Å². The highest BCUT2D eigenvalue weighted by Crippen LogP contribution is 2.65. The number of esters is 1. The first-order chi connectivity index (χ1) is 16.8. The molecule has 2 fully saturated rings. The first-order valence-corrected chi connectivity index (χ1v) is 14.0. The Labute approximate surface area is 213 Å². The number of hydrogen-bond donors (Lipinski definition) is 1. The highest BCUT2D eigenvalue weighted by Gasteiger charge is 2.74. The molecule has 2 amide bonds. The third-order valence-electron chi connectivity index (χ3n) is 8.40. The van der Waals surface area contributed by atoms with E-state index in [0.717, 1.165) is 32.1 Å². The molecule has 7 nitrogen and oxygen atoms in total. The van der Waals surface area contributed by atoms with Gasteiger partial charge in [0.05, 0.1) is 35.8 Å². The molecule has 0 bridgehead atoms. The number of nitrogens with zero attached hydrogens (tertiary/aromatic N) is 2. The van der Waals surface area contributed by atoms with E-state index in [1.54, 1.807) is 16.7 Å². The lowest BCUT2D eigenvalue weighted by molar-refractivity contribution is -0.155. The van der Waals surface area contributed by atoms with Gasteiger partial charge in [-0.05, 0) is 32.1 Å². The second-order valence-electron chi connectivity index (χ2n) is 10.6. The fourth-order valence-electron chi connectivity index (χ4n) is 6.34. The summed E-state index contributed by atoms with van der Waals surface area (Å²) in [7, 11) is 0. The summed E-state index contributed by atoms with van der Waals surface area (Å²) in [6, 6.07) is -1.25. The predicted molar refractivity (Wildman–Crippen MR) is 137 cm³/mol. The van der Waals surface area contributed by atoms with Crippen LogP contribution in [0.1, 0.15) is 59.8 Å². The van der Waals surface area contributed by atoms with E-state index in [4.69, 9.17) is 4.74 Å². The maximum absolute atomic E-state index is 14.3. The minimum absolute atomic E-state index is 0.00714. The van der Waals surface area contributed by atoms with Gasteiger partial charge in [-0.2, -0.15) is 0 Å². The normalized spacial score (nSPS) is 37.4. The smallest absolute Gasteiger partial charge is 0.311 e. The molecule has 0 aromatic rings. The van der Waals surface area contributed by atoms with E-state index in [1.807, 2.05) is 37.8 Å². The van der Waals surface area contributed by atoms with Crippen molar-refractivity contribution in [1.29, 1.82) is 0 Å². The van der Waals surface area contributed by atoms with Crippen LogP contribution in [-0.2, 0) is 19.1 Å². The van der Waals surface area contributed by atoms with Crippen LogP contribution >= 0.6 is 11.8 Å². The molecule has 194 valence electrons. The standard InChI is InChI=1S/C27H40N2O5S/c1-5-7-14-28-15-11-13-27-20(21-25(33)34-16-10-8-9-12-26(21,4)35-27)23(31)29(22(27)24(28)32)19(17-30)18(3)6-2/h9,11-13,18-22,30H,5-8,10,14-17H2,1-4H3/b12-9-/t18-,19-,20-,21-,22?,26+,27-/m0/s1. The van der Waals surface area contributed by atoms with E-state index in [2.05, 4.69) is 19.1 Å². The van der Waals surface area contributed by atoms with Crippen LogP contribution in [0, 0.1) is 17.8 Å². The Morgan fingerprint density at radius 2 is 1.94 bits per heavy atom. The lowest BCUT2D eigenvalue weighted by Gasteiger charge is -2.41. The largest absolute Gasteiger partial charge is 0.465 e. The Morgan fingerprint density at radius 1 is 1.17 bits per heavy atom. The Balaban J connectivity index is 1.88. The second-order valence-corrected chi connectivity index (χ2v) is 12.4. The molecule has 35 heavy (non-hydrogen) atoms. The molecule has 4 aliphatic rings. The number of likely N-dealkylation sites (tertiary alicyclic amines) is 1. The molecule has 0 saturated carbocycles. The van der Waals surface area contributed by atoms with Crippen molar-refractivity contribution in [2.24, 2.45) is 17.8 Å². The number of allylic oxidation sites excluding steroid dienone is 1. The number of fused-ring (bicyclic) bond motifs is 2. The zero-order chi connectivity index (χ0) is 25.4. The molecular weight excluding hydrogens is 464 g/mol. The summed E-state index contributed by atoms with van der Waals surface area (Å²) in [4.78, 5) is 45.5. The SMILES string of the molecule is CCCCN1CC=C[C@]23S[C@]4(C)/C=C\CCCOC(=O)[C@@H]4[C@H]2C(=O)N([C@@H](CO)[C@@H](C)CC)C3C1=O. The molecule has 4 aliphatic heterocycles. The molecule has 2 saturated heterocycles. The number of amides is 2. The summed E-state index contributed by atoms with van der Waals surface area (Å²) in [5.74, 6) is -2.07. The minimum Gasteiger partial charge on any atom is -0.465 e. The van der Waals surface area contributed by atoms with Crippen LogP contribution in [0.2, 0.25) is 0 Å². The Bertz CT molecular complexity index is 906. The Hall–Kier alpha value is -1.80. The molecule has 4 rings (SSSR count). The summed E-state index contributed by atoms with van der Waals surface area (Å²) in [6.07, 6.45) is 12.4. The van der Waals surface area contributed by atoms with Crippen molar-refractivity contribution < 1.29 is 24.2 Å². The average Bonchev–Trinajstić information content (AvgIpc) is 3.19. The maximum atomic E-state index is 14.3. The summed E-state index contributed by atoms with van der Waals surface area (Å²) >= 11 is 1.57. The minimum atomic E-state index is -0.891. The molecule has 8 heteroatoms. The first kappa shape index (κ1) is 26.3. The highest BCUT2D eigenvalue weighted by molar-refractivity contribution is 8.02. The summed E-state index contributed by atoms with van der Waals surface area (Å²) < 4.78 is 4.11. The Morgan fingerprint density at radius 3 is 2.63 bits per heavy atom. The molecule has 1 unspecified atom stereocenters. The van der Waals surface area contributed by atoms with E-state index in [9.17, 15) is 19.5 Å². The summed E-state index contributed by atoms with van der Waals surface area (Å²) in [5.41, 5.74) is 0. The van der Waals surface area contributed by atoms with E-state index >= 15 is 0 Å². The van der Waals surface area contributed by atoms with Crippen LogP contribution in [0.4, 0.5) is 0 Å². The molecule has 0 aromatic heterocycles. The third kappa shape index (κ3) is 4.24. The fourth-order valence-corrected chi connectivity index (χ4v) is 8.48. The number of ether oxygens (including phenoxy) is 1. The molecule has 0 radical (unpaired) electrons. The van der Waals surface area contributed by atoms with Crippen molar-refractivity contribution in [2.75, 3.05) is 26.3 Å². The number of aliphatic hydroxyl groups is 1. The topological polar surface area (TPSA) is 87.2 Å². The lowest BCUT2D eigenvalue weighted by atomic mass is 9.74. The summed E-state index contributed by atoms with van der Waals surface area (Å²) in [5, 5.41) is 10.4. The van der Waals surface area contributed by atoms with Crippen LogP contribution in [0.25, 0.3) is 0 Å². The molecule has 0 aliphatic carbocycles. The second kappa shape index (κ2) is 10.3. The van der Waals surface area contributed by atoms with Gasteiger partial charge in [0, 0.05) is 17.8 Å². The molecule has 1 N–H and O–H groups in total. The van der Waals surface area contributed by atoms with E-state index in [1.165, 1.54) is 0 Å². The van der Waals surface area contributed by atoms with Gasteiger partial charge in [0.1, 0.15) is 6.04 Å². The lowest BCUT2D eigenvalue weighted by Crippen LogP contribution is -2.58. The number of cyclic esters (lactones) is 1. The van der Waals surface area contributed by atoms with E-state index < -0.39 is 33.4 Å². The molecular formula is C27H40N2O5S. The highest BCUT2D eigenvalue weighted by atomic mass is 32.2. The van der Waals surface area contributed by atoms with Gasteiger partial charge in [-0.1, -0.05) is 57.9 Å². The van der Waals surface area contributed by atoms with Crippen molar-refractivity contribution in [3.8, 4) is 0 Å². The molecule has 7 atom stereocenters. The van der Waals surface area contributed by atoms with Gasteiger partial charge in [-0.3, -0.25) is 14.4 Å². The van der Waals surface area contributed by atoms with Crippen molar-refractivity contribution in [2.45, 2.75) is 81.4 Å². The number of thioether (sulfide) groups is 1.